The van der Waals surface area contributed by atoms with E-state index in [1.165, 1.54) is 6.08 Å². The molecule has 3 aromatic rings. The maximum atomic E-state index is 12.2. The van der Waals surface area contributed by atoms with E-state index in [2.05, 4.69) is 17.2 Å². The third kappa shape index (κ3) is 4.50. The second-order valence-corrected chi connectivity index (χ2v) is 6.90. The summed E-state index contributed by atoms with van der Waals surface area (Å²) in [6.45, 7) is 1.89. The molecular weight excluding hydrogens is 374 g/mol. The molecule has 28 heavy (non-hydrogen) atoms. The standard InChI is InChI=1S/C22H22ClN3O2/c1-2-3-19-18(13-27)22(24)17-12-16(9-10-20(17)26-19)25-21(28)11-6-14-4-7-15(23)8-5-14/h4-12,27H,2-3,13H2,1H3,(H2,24,26)(H,25,28)/b11-6+. The molecule has 6 heteroatoms. The van der Waals surface area contributed by atoms with Crippen molar-refractivity contribution in [3.05, 3.63) is 70.4 Å². The number of aryl methyl sites for hydroxylation is 1. The number of nitrogens with zero attached hydrogens (tertiary/aromatic N) is 1. The molecular formula is C22H22ClN3O2. The highest BCUT2D eigenvalue weighted by Crippen LogP contribution is 2.29. The number of hydrogen-bond acceptors (Lipinski definition) is 4. The number of hydrogen-bond donors (Lipinski definition) is 3. The Bertz CT molecular complexity index is 1030. The molecule has 3 rings (SSSR count). The zero-order valence-electron chi connectivity index (χ0n) is 15.6. The van der Waals surface area contributed by atoms with E-state index in [1.54, 1.807) is 30.3 Å². The second-order valence-electron chi connectivity index (χ2n) is 6.46. The Kier molecular flexibility index (Phi) is 6.29. The monoisotopic (exact) mass is 395 g/mol. The lowest BCUT2D eigenvalue weighted by Crippen LogP contribution is -2.09. The number of fused-ring (bicyclic) bond motifs is 1. The van der Waals surface area contributed by atoms with Crippen LogP contribution in [0.1, 0.15) is 30.2 Å². The van der Waals surface area contributed by atoms with Crippen LogP contribution < -0.4 is 11.1 Å². The number of amides is 1. The summed E-state index contributed by atoms with van der Waals surface area (Å²) in [5.74, 6) is -0.259. The third-order valence-corrected chi connectivity index (χ3v) is 4.68. The Morgan fingerprint density at radius 1 is 1.25 bits per heavy atom. The fourth-order valence-electron chi connectivity index (χ4n) is 3.01. The number of carbonyl (C=O) groups excluding carboxylic acids is 1. The van der Waals surface area contributed by atoms with Crippen LogP contribution in [-0.4, -0.2) is 16.0 Å². The zero-order chi connectivity index (χ0) is 20.1. The van der Waals surface area contributed by atoms with E-state index in [9.17, 15) is 9.90 Å². The number of pyridine rings is 1. The number of benzene rings is 2. The van der Waals surface area contributed by atoms with Crippen LogP contribution in [0.4, 0.5) is 11.4 Å². The van der Waals surface area contributed by atoms with Gasteiger partial charge in [0.25, 0.3) is 0 Å². The van der Waals surface area contributed by atoms with Gasteiger partial charge >= 0.3 is 0 Å². The average Bonchev–Trinajstić information content (AvgIpc) is 2.69. The Morgan fingerprint density at radius 3 is 2.68 bits per heavy atom. The molecule has 5 nitrogen and oxygen atoms in total. The normalized spacial score (nSPS) is 11.2. The zero-order valence-corrected chi connectivity index (χ0v) is 16.3. The largest absolute Gasteiger partial charge is 0.398 e. The van der Waals surface area contributed by atoms with Crippen molar-refractivity contribution < 1.29 is 9.90 Å². The van der Waals surface area contributed by atoms with Crippen molar-refractivity contribution in [2.45, 2.75) is 26.4 Å². The van der Waals surface area contributed by atoms with E-state index >= 15 is 0 Å². The van der Waals surface area contributed by atoms with E-state index in [-0.39, 0.29) is 12.5 Å². The van der Waals surface area contributed by atoms with Gasteiger partial charge in [-0.3, -0.25) is 9.78 Å². The topological polar surface area (TPSA) is 88.2 Å². The van der Waals surface area contributed by atoms with Crippen molar-refractivity contribution in [2.24, 2.45) is 0 Å². The summed E-state index contributed by atoms with van der Waals surface area (Å²) < 4.78 is 0. The van der Waals surface area contributed by atoms with Gasteiger partial charge in [-0.15, -0.1) is 0 Å². The van der Waals surface area contributed by atoms with Crippen molar-refractivity contribution in [1.29, 1.82) is 0 Å². The van der Waals surface area contributed by atoms with E-state index in [0.717, 1.165) is 29.6 Å². The molecule has 144 valence electrons. The minimum absolute atomic E-state index is 0.162. The minimum atomic E-state index is -0.259. The molecule has 0 atom stereocenters. The predicted octanol–water partition coefficient (Wildman–Crippen LogP) is 4.57. The lowest BCUT2D eigenvalue weighted by atomic mass is 10.0. The number of carbonyl (C=O) groups is 1. The molecule has 0 saturated heterocycles. The van der Waals surface area contributed by atoms with Crippen LogP contribution in [0.2, 0.25) is 5.02 Å². The number of nitrogens with one attached hydrogen (secondary N) is 1. The third-order valence-electron chi connectivity index (χ3n) is 4.43. The fourth-order valence-corrected chi connectivity index (χ4v) is 3.13. The second kappa shape index (κ2) is 8.87. The maximum Gasteiger partial charge on any atom is 0.248 e. The van der Waals surface area contributed by atoms with Crippen LogP contribution >= 0.6 is 11.6 Å². The lowest BCUT2D eigenvalue weighted by Gasteiger charge is -2.13. The molecule has 4 N–H and O–H groups in total. The van der Waals surface area contributed by atoms with Gasteiger partial charge in [-0.25, -0.2) is 0 Å². The molecule has 1 amide bonds. The molecule has 0 radical (unpaired) electrons. The van der Waals surface area contributed by atoms with E-state index in [4.69, 9.17) is 17.3 Å². The Labute approximate surface area is 168 Å². The van der Waals surface area contributed by atoms with Gasteiger partial charge in [0.2, 0.25) is 5.91 Å². The first-order chi connectivity index (χ1) is 13.5. The van der Waals surface area contributed by atoms with Crippen molar-refractivity contribution in [1.82, 2.24) is 4.98 Å². The molecule has 0 fully saturated rings. The molecule has 0 unspecified atom stereocenters. The maximum absolute atomic E-state index is 12.2. The number of nitrogens with two attached hydrogens (primary N) is 1. The summed E-state index contributed by atoms with van der Waals surface area (Å²) in [5.41, 5.74) is 10.5. The molecule has 0 spiro atoms. The Hall–Kier alpha value is -2.89. The van der Waals surface area contributed by atoms with Gasteiger partial charge in [0.05, 0.1) is 12.1 Å². The first kappa shape index (κ1) is 19.9. The first-order valence-electron chi connectivity index (χ1n) is 9.08. The average molecular weight is 396 g/mol. The SMILES string of the molecule is CCCc1nc2ccc(NC(=O)/C=C/c3ccc(Cl)cc3)cc2c(N)c1CO. The van der Waals surface area contributed by atoms with Crippen LogP contribution in [0, 0.1) is 0 Å². The van der Waals surface area contributed by atoms with E-state index < -0.39 is 0 Å². The van der Waals surface area contributed by atoms with Crippen LogP contribution in [0.3, 0.4) is 0 Å². The van der Waals surface area contributed by atoms with Crippen LogP contribution in [0.5, 0.6) is 0 Å². The van der Waals surface area contributed by atoms with Crippen LogP contribution in [0.15, 0.2) is 48.5 Å². The summed E-state index contributed by atoms with van der Waals surface area (Å²) in [5, 5.41) is 13.9. The highest BCUT2D eigenvalue weighted by Gasteiger charge is 2.12. The van der Waals surface area contributed by atoms with E-state index in [0.29, 0.717) is 27.3 Å². The van der Waals surface area contributed by atoms with Gasteiger partial charge < -0.3 is 16.2 Å². The smallest absolute Gasteiger partial charge is 0.248 e. The van der Waals surface area contributed by atoms with Gasteiger partial charge in [0, 0.05) is 39.1 Å². The first-order valence-corrected chi connectivity index (χ1v) is 9.46. The fraction of sp³-hybridized carbons (Fsp3) is 0.182. The number of rotatable bonds is 6. The summed E-state index contributed by atoms with van der Waals surface area (Å²) in [6, 6.07) is 12.6. The summed E-state index contributed by atoms with van der Waals surface area (Å²) in [4.78, 5) is 16.8. The number of aliphatic hydroxyl groups excluding tert-OH is 1. The van der Waals surface area contributed by atoms with Gasteiger partial charge in [0.15, 0.2) is 0 Å². The Balaban J connectivity index is 1.83. The van der Waals surface area contributed by atoms with Crippen LogP contribution in [-0.2, 0) is 17.8 Å². The molecule has 1 aromatic heterocycles. The van der Waals surface area contributed by atoms with Crippen molar-refractivity contribution >= 4 is 45.9 Å². The highest BCUT2D eigenvalue weighted by atomic mass is 35.5. The number of nitrogen functional groups attached to an aromatic ring is 1. The number of aromatic nitrogens is 1. The summed E-state index contributed by atoms with van der Waals surface area (Å²) in [6.07, 6.45) is 4.84. The van der Waals surface area contributed by atoms with Gasteiger partial charge in [0.1, 0.15) is 0 Å². The predicted molar refractivity (Wildman–Crippen MR) is 115 cm³/mol. The molecule has 1 heterocycles. The minimum Gasteiger partial charge on any atom is -0.398 e. The summed E-state index contributed by atoms with van der Waals surface area (Å²) >= 11 is 5.86. The van der Waals surface area contributed by atoms with Gasteiger partial charge in [-0.05, 0) is 48.4 Å². The molecule has 0 aliphatic rings. The molecule has 2 aromatic carbocycles. The van der Waals surface area contributed by atoms with Crippen molar-refractivity contribution in [3.63, 3.8) is 0 Å². The van der Waals surface area contributed by atoms with E-state index in [1.807, 2.05) is 18.2 Å². The Morgan fingerprint density at radius 2 is 2.00 bits per heavy atom. The molecule has 0 aliphatic heterocycles. The molecule has 0 bridgehead atoms. The number of aliphatic hydroxyl groups is 1. The van der Waals surface area contributed by atoms with Crippen molar-refractivity contribution in [2.75, 3.05) is 11.1 Å². The number of halogens is 1. The lowest BCUT2D eigenvalue weighted by molar-refractivity contribution is -0.111. The highest BCUT2D eigenvalue weighted by molar-refractivity contribution is 6.30. The number of anilines is 2. The summed E-state index contributed by atoms with van der Waals surface area (Å²) in [7, 11) is 0. The molecule has 0 saturated carbocycles. The molecule has 0 aliphatic carbocycles. The van der Waals surface area contributed by atoms with Gasteiger partial charge in [-0.1, -0.05) is 37.1 Å². The van der Waals surface area contributed by atoms with Crippen LogP contribution in [0.25, 0.3) is 17.0 Å². The quantitative estimate of drug-likeness (QED) is 0.533. The van der Waals surface area contributed by atoms with Crippen molar-refractivity contribution in [3.8, 4) is 0 Å². The van der Waals surface area contributed by atoms with Gasteiger partial charge in [-0.2, -0.15) is 0 Å².